The van der Waals surface area contributed by atoms with Gasteiger partial charge in [-0.05, 0) is 0 Å². The molecule has 11 heavy (non-hydrogen) atoms. The molecule has 0 heterocycles. The number of hydrogen-bond donors (Lipinski definition) is 3. The number of rotatable bonds is 3. The van der Waals surface area contributed by atoms with E-state index in [1.54, 1.807) is 0 Å². The van der Waals surface area contributed by atoms with Gasteiger partial charge in [0.2, 0.25) is 5.91 Å². The van der Waals surface area contributed by atoms with Gasteiger partial charge in [0.25, 0.3) is 0 Å². The van der Waals surface area contributed by atoms with Crippen LogP contribution in [-0.2, 0) is 9.59 Å². The van der Waals surface area contributed by atoms with Crippen molar-refractivity contribution in [2.24, 2.45) is 5.73 Å². The molecule has 6 nitrogen and oxygen atoms in total. The summed E-state index contributed by atoms with van der Waals surface area (Å²) in [6.07, 6.45) is 0. The minimum Gasteiger partial charge on any atom is -0.480 e. The molecule has 0 aliphatic carbocycles. The van der Waals surface area contributed by atoms with E-state index in [4.69, 9.17) is 10.8 Å². The highest BCUT2D eigenvalue weighted by atomic mass is 35.5. The first kappa shape index (κ1) is 16.6. The lowest BCUT2D eigenvalue weighted by Gasteiger charge is -1.95. The van der Waals surface area contributed by atoms with Crippen molar-refractivity contribution in [1.82, 2.24) is 5.32 Å². The lowest BCUT2D eigenvalue weighted by atomic mass is 10.5. The minimum absolute atomic E-state index is 0. The van der Waals surface area contributed by atoms with Crippen molar-refractivity contribution in [3.05, 3.63) is 0 Å². The van der Waals surface area contributed by atoms with Gasteiger partial charge in [0.1, 0.15) is 6.54 Å². The van der Waals surface area contributed by atoms with Crippen molar-refractivity contribution in [1.29, 1.82) is 0 Å². The van der Waals surface area contributed by atoms with Gasteiger partial charge >= 0.3 is 5.97 Å². The molecule has 0 bridgehead atoms. The molecule has 0 saturated carbocycles. The van der Waals surface area contributed by atoms with Crippen LogP contribution < -0.4 is 11.1 Å². The zero-order valence-corrected chi connectivity index (χ0v) is 6.48. The third-order valence-corrected chi connectivity index (χ3v) is 0.622. The fourth-order valence-corrected chi connectivity index (χ4v) is 0.246. The largest absolute Gasteiger partial charge is 0.480 e. The molecule has 6 N–H and O–H groups in total. The number of amides is 1. The number of carbonyl (C=O) groups is 2. The van der Waals surface area contributed by atoms with Crippen molar-refractivity contribution in [2.45, 2.75) is 0 Å². The van der Waals surface area contributed by atoms with E-state index in [2.05, 4.69) is 5.32 Å². The average Bonchev–Trinajstić information content (AvgIpc) is 1.83. The maximum absolute atomic E-state index is 10.2. The second-order valence-electron chi connectivity index (χ2n) is 1.37. The highest BCUT2D eigenvalue weighted by molar-refractivity contribution is 5.85. The molecule has 0 radical (unpaired) electrons. The molecule has 0 unspecified atom stereocenters. The lowest BCUT2D eigenvalue weighted by molar-refractivity contribution is -0.137. The number of carboxylic acids is 1. The van der Waals surface area contributed by atoms with Crippen LogP contribution in [0.5, 0.6) is 0 Å². The smallest absolute Gasteiger partial charge is 0.322 e. The summed E-state index contributed by atoms with van der Waals surface area (Å²) in [7, 11) is 0. The molecule has 68 valence electrons. The third kappa shape index (κ3) is 12.4. The zero-order valence-electron chi connectivity index (χ0n) is 5.66. The number of nitrogens with one attached hydrogen (secondary N) is 1. The second kappa shape index (κ2) is 9.15. The van der Waals surface area contributed by atoms with Crippen LogP contribution in [0.15, 0.2) is 0 Å². The van der Waals surface area contributed by atoms with Crippen LogP contribution in [0, 0.1) is 0 Å². The Morgan fingerprint density at radius 3 is 2.18 bits per heavy atom. The molecular formula is C4H11ClN2O4. The number of nitrogens with two attached hydrogens (primary N) is 1. The Labute approximate surface area is 69.5 Å². The predicted octanol–water partition coefficient (Wildman–Crippen LogP) is -2.26. The van der Waals surface area contributed by atoms with Gasteiger partial charge in [-0.1, -0.05) is 0 Å². The van der Waals surface area contributed by atoms with Gasteiger partial charge in [0.05, 0.1) is 6.54 Å². The molecule has 0 aromatic heterocycles. The van der Waals surface area contributed by atoms with E-state index >= 15 is 0 Å². The van der Waals surface area contributed by atoms with E-state index in [-0.39, 0.29) is 31.0 Å². The number of hydrogen-bond acceptors (Lipinski definition) is 3. The van der Waals surface area contributed by atoms with Gasteiger partial charge < -0.3 is 21.6 Å². The quantitative estimate of drug-likeness (QED) is 0.460. The first-order valence-electron chi connectivity index (χ1n) is 2.35. The first-order chi connectivity index (χ1) is 4.16. The Bertz CT molecular complexity index is 129. The van der Waals surface area contributed by atoms with E-state index in [0.717, 1.165) is 0 Å². The van der Waals surface area contributed by atoms with Crippen molar-refractivity contribution in [3.63, 3.8) is 0 Å². The summed E-state index contributed by atoms with van der Waals surface area (Å²) in [6.45, 7) is -0.538. The fourth-order valence-electron chi connectivity index (χ4n) is 0.246. The van der Waals surface area contributed by atoms with Crippen molar-refractivity contribution >= 4 is 24.3 Å². The number of aliphatic carboxylic acids is 1. The highest BCUT2D eigenvalue weighted by Gasteiger charge is 1.98. The summed E-state index contributed by atoms with van der Waals surface area (Å²) in [4.78, 5) is 20.0. The van der Waals surface area contributed by atoms with Crippen LogP contribution in [0.25, 0.3) is 0 Å². The summed E-state index contributed by atoms with van der Waals surface area (Å²) < 4.78 is 0. The fraction of sp³-hybridized carbons (Fsp3) is 0.500. The SMILES string of the molecule is Cl.NCC(=O)NCC(=O)O.O. The van der Waals surface area contributed by atoms with E-state index in [1.165, 1.54) is 0 Å². The summed E-state index contributed by atoms with van der Waals surface area (Å²) in [5.41, 5.74) is 4.85. The molecule has 7 heteroatoms. The summed E-state index contributed by atoms with van der Waals surface area (Å²) in [6, 6.07) is 0. The molecule has 0 atom stereocenters. The molecule has 0 aliphatic heterocycles. The number of halogens is 1. The molecule has 0 rings (SSSR count). The highest BCUT2D eigenvalue weighted by Crippen LogP contribution is 1.60. The standard InChI is InChI=1S/C4H8N2O3.ClH.H2O/c5-1-3(7)6-2-4(8)9;;/h1-2,5H2,(H,6,7)(H,8,9);1H;1H2. The van der Waals surface area contributed by atoms with Gasteiger partial charge in [0, 0.05) is 0 Å². The summed E-state index contributed by atoms with van der Waals surface area (Å²) >= 11 is 0. The van der Waals surface area contributed by atoms with E-state index in [1.807, 2.05) is 0 Å². The first-order valence-corrected chi connectivity index (χ1v) is 2.35. The van der Waals surface area contributed by atoms with Crippen LogP contribution in [0.2, 0.25) is 0 Å². The van der Waals surface area contributed by atoms with Crippen LogP contribution >= 0.6 is 12.4 Å². The third-order valence-electron chi connectivity index (χ3n) is 0.622. The Morgan fingerprint density at radius 1 is 1.45 bits per heavy atom. The Balaban J connectivity index is -0.000000320. The van der Waals surface area contributed by atoms with Crippen molar-refractivity contribution in [2.75, 3.05) is 13.1 Å². The van der Waals surface area contributed by atoms with E-state index in [0.29, 0.717) is 0 Å². The zero-order chi connectivity index (χ0) is 7.28. The van der Waals surface area contributed by atoms with Crippen LogP contribution in [0.3, 0.4) is 0 Å². The normalized spacial score (nSPS) is 7.00. The maximum Gasteiger partial charge on any atom is 0.322 e. The lowest BCUT2D eigenvalue weighted by Crippen LogP contribution is -2.34. The summed E-state index contributed by atoms with van der Waals surface area (Å²) in [5, 5.41) is 10.1. The van der Waals surface area contributed by atoms with Gasteiger partial charge in [-0.3, -0.25) is 9.59 Å². The molecule has 0 aromatic carbocycles. The van der Waals surface area contributed by atoms with Crippen LogP contribution in [-0.4, -0.2) is 35.5 Å². The maximum atomic E-state index is 10.2. The number of carbonyl (C=O) groups excluding carboxylic acids is 1. The van der Waals surface area contributed by atoms with Crippen LogP contribution in [0.4, 0.5) is 0 Å². The Hall–Kier alpha value is -0.850. The van der Waals surface area contributed by atoms with Gasteiger partial charge in [-0.15, -0.1) is 12.4 Å². The molecule has 0 saturated heterocycles. The summed E-state index contributed by atoms with van der Waals surface area (Å²) in [5.74, 6) is -1.53. The van der Waals surface area contributed by atoms with Gasteiger partial charge in [-0.2, -0.15) is 0 Å². The Morgan fingerprint density at radius 2 is 1.91 bits per heavy atom. The van der Waals surface area contributed by atoms with Gasteiger partial charge in [0.15, 0.2) is 0 Å². The molecule has 0 aliphatic rings. The molecule has 0 fully saturated rings. The topological polar surface area (TPSA) is 124 Å². The monoisotopic (exact) mass is 186 g/mol. The predicted molar refractivity (Wildman–Crippen MR) is 40.6 cm³/mol. The molecule has 0 aromatic rings. The second-order valence-corrected chi connectivity index (χ2v) is 1.37. The number of carboxylic acid groups (broad SMARTS) is 1. The van der Waals surface area contributed by atoms with Gasteiger partial charge in [-0.25, -0.2) is 0 Å². The Kier molecular flexibility index (Phi) is 13.8. The van der Waals surface area contributed by atoms with E-state index < -0.39 is 11.9 Å². The molecule has 0 spiro atoms. The van der Waals surface area contributed by atoms with Crippen molar-refractivity contribution < 1.29 is 20.2 Å². The molecule has 1 amide bonds. The van der Waals surface area contributed by atoms with E-state index in [9.17, 15) is 9.59 Å². The average molecular weight is 187 g/mol. The van der Waals surface area contributed by atoms with Crippen molar-refractivity contribution in [3.8, 4) is 0 Å². The van der Waals surface area contributed by atoms with Crippen LogP contribution in [0.1, 0.15) is 0 Å². The molecular weight excluding hydrogens is 176 g/mol. The minimum atomic E-state index is -1.07.